The van der Waals surface area contributed by atoms with Crippen molar-refractivity contribution in [1.29, 1.82) is 0 Å². The number of nitrogens with one attached hydrogen (secondary N) is 1. The topological polar surface area (TPSA) is 63.0 Å². The molecule has 130 valence electrons. The van der Waals surface area contributed by atoms with Gasteiger partial charge in [0.1, 0.15) is 0 Å². The fourth-order valence-electron chi connectivity index (χ4n) is 3.61. The number of thiazole rings is 1. The zero-order valence-electron chi connectivity index (χ0n) is 14.6. The molecule has 0 aliphatic heterocycles. The summed E-state index contributed by atoms with van der Waals surface area (Å²) in [6.45, 7) is 3.88. The molecule has 0 bridgehead atoms. The van der Waals surface area contributed by atoms with E-state index < -0.39 is 0 Å². The highest BCUT2D eigenvalue weighted by Crippen LogP contribution is 2.24. The van der Waals surface area contributed by atoms with Crippen molar-refractivity contribution in [3.05, 3.63) is 45.9 Å². The number of fused-ring (bicyclic) bond motifs is 1. The lowest BCUT2D eigenvalue weighted by Gasteiger charge is -2.18. The van der Waals surface area contributed by atoms with Crippen LogP contribution in [-0.2, 0) is 0 Å². The fraction of sp³-hybridized carbons (Fsp3) is 0.421. The molecule has 3 aromatic rings. The Morgan fingerprint density at radius 2 is 2.04 bits per heavy atom. The number of aryl methyl sites for hydroxylation is 1. The minimum absolute atomic E-state index is 0.0615. The van der Waals surface area contributed by atoms with Crippen molar-refractivity contribution in [3.8, 4) is 5.13 Å². The molecule has 1 fully saturated rings. The predicted octanol–water partition coefficient (Wildman–Crippen LogP) is 4.23. The molecule has 0 radical (unpaired) electrons. The summed E-state index contributed by atoms with van der Waals surface area (Å²) in [5, 5.41) is 3.85. The average Bonchev–Trinajstić information content (AvgIpc) is 3.16. The SMILES string of the molecule is CC(=NC1CCCCC1)c1c(C)[nH]n(-c2nc3ccccc3s2)c1=O. The zero-order valence-corrected chi connectivity index (χ0v) is 15.4. The highest BCUT2D eigenvalue weighted by Gasteiger charge is 2.19. The van der Waals surface area contributed by atoms with Crippen LogP contribution in [0.1, 0.15) is 50.3 Å². The summed E-state index contributed by atoms with van der Waals surface area (Å²) in [6.07, 6.45) is 6.05. The molecule has 0 saturated heterocycles. The van der Waals surface area contributed by atoms with Crippen molar-refractivity contribution < 1.29 is 0 Å². The van der Waals surface area contributed by atoms with Gasteiger partial charge >= 0.3 is 0 Å². The molecular formula is C19H22N4OS. The van der Waals surface area contributed by atoms with E-state index >= 15 is 0 Å². The first-order valence-corrected chi connectivity index (χ1v) is 9.67. The standard InChI is InChI=1S/C19H22N4OS/c1-12(20-14-8-4-3-5-9-14)17-13(2)22-23(18(17)24)19-21-15-10-6-7-11-16(15)25-19/h6-7,10-11,14,22H,3-5,8-9H2,1-2H3. The van der Waals surface area contributed by atoms with Crippen molar-refractivity contribution in [3.63, 3.8) is 0 Å². The molecule has 1 N–H and O–H groups in total. The Morgan fingerprint density at radius 3 is 2.80 bits per heavy atom. The van der Waals surface area contributed by atoms with Gasteiger partial charge in [-0.05, 0) is 38.8 Å². The molecular weight excluding hydrogens is 332 g/mol. The molecule has 0 atom stereocenters. The van der Waals surface area contributed by atoms with Crippen molar-refractivity contribution in [2.75, 3.05) is 0 Å². The third-order valence-electron chi connectivity index (χ3n) is 4.86. The van der Waals surface area contributed by atoms with Crippen LogP contribution in [-0.4, -0.2) is 26.5 Å². The number of nitrogens with zero attached hydrogens (tertiary/aromatic N) is 3. The van der Waals surface area contributed by atoms with E-state index in [2.05, 4.69) is 10.1 Å². The number of rotatable bonds is 3. The van der Waals surface area contributed by atoms with E-state index in [4.69, 9.17) is 4.99 Å². The summed E-state index contributed by atoms with van der Waals surface area (Å²) < 4.78 is 2.63. The molecule has 0 unspecified atom stereocenters. The van der Waals surface area contributed by atoms with Crippen LogP contribution >= 0.6 is 11.3 Å². The van der Waals surface area contributed by atoms with Crippen LogP contribution in [0.4, 0.5) is 0 Å². The van der Waals surface area contributed by atoms with Gasteiger partial charge < -0.3 is 0 Å². The Hall–Kier alpha value is -2.21. The third kappa shape index (κ3) is 3.06. The fourth-order valence-corrected chi connectivity index (χ4v) is 4.54. The molecule has 1 saturated carbocycles. The quantitative estimate of drug-likeness (QED) is 0.716. The molecule has 0 spiro atoms. The highest BCUT2D eigenvalue weighted by molar-refractivity contribution is 7.20. The normalized spacial score (nSPS) is 16.6. The van der Waals surface area contributed by atoms with E-state index in [9.17, 15) is 4.79 Å². The summed E-state index contributed by atoms with van der Waals surface area (Å²) in [6, 6.07) is 8.29. The number of aromatic amines is 1. The summed E-state index contributed by atoms with van der Waals surface area (Å²) in [7, 11) is 0. The minimum Gasteiger partial charge on any atom is -0.293 e. The van der Waals surface area contributed by atoms with Crippen molar-refractivity contribution in [1.82, 2.24) is 14.8 Å². The van der Waals surface area contributed by atoms with Crippen LogP contribution in [0.15, 0.2) is 34.1 Å². The Bertz CT molecular complexity index is 955. The van der Waals surface area contributed by atoms with Crippen LogP contribution in [0.3, 0.4) is 0 Å². The number of benzene rings is 1. The molecule has 1 aliphatic carbocycles. The van der Waals surface area contributed by atoms with Crippen molar-refractivity contribution in [2.45, 2.75) is 52.0 Å². The van der Waals surface area contributed by atoms with E-state index in [0.717, 1.165) is 34.5 Å². The summed E-state index contributed by atoms with van der Waals surface area (Å²) in [5.74, 6) is 0. The average molecular weight is 354 g/mol. The van der Waals surface area contributed by atoms with E-state index in [1.807, 2.05) is 38.1 Å². The van der Waals surface area contributed by atoms with Gasteiger partial charge in [0.15, 0.2) is 0 Å². The molecule has 25 heavy (non-hydrogen) atoms. The Labute approximate surface area is 150 Å². The maximum absolute atomic E-state index is 13.0. The van der Waals surface area contributed by atoms with Crippen molar-refractivity contribution in [2.24, 2.45) is 4.99 Å². The Morgan fingerprint density at radius 1 is 1.28 bits per heavy atom. The molecule has 1 aliphatic rings. The first-order valence-electron chi connectivity index (χ1n) is 8.86. The molecule has 1 aromatic carbocycles. The minimum atomic E-state index is -0.0615. The van der Waals surface area contributed by atoms with E-state index in [1.165, 1.54) is 30.6 Å². The maximum atomic E-state index is 13.0. The molecule has 2 aromatic heterocycles. The second-order valence-electron chi connectivity index (χ2n) is 6.72. The van der Waals surface area contributed by atoms with Crippen molar-refractivity contribution >= 4 is 27.3 Å². The number of H-pyrrole nitrogens is 1. The highest BCUT2D eigenvalue weighted by atomic mass is 32.1. The van der Waals surface area contributed by atoms with Gasteiger partial charge in [-0.2, -0.15) is 4.68 Å². The maximum Gasteiger partial charge on any atom is 0.282 e. The molecule has 6 heteroatoms. The van der Waals surface area contributed by atoms with Gasteiger partial charge in [-0.3, -0.25) is 14.9 Å². The summed E-state index contributed by atoms with van der Waals surface area (Å²) in [5.41, 5.74) is 3.22. The molecule has 5 nitrogen and oxygen atoms in total. The second-order valence-corrected chi connectivity index (χ2v) is 7.73. The Kier molecular flexibility index (Phi) is 4.29. The lowest BCUT2D eigenvalue weighted by Crippen LogP contribution is -2.21. The van der Waals surface area contributed by atoms with Crippen LogP contribution < -0.4 is 5.56 Å². The van der Waals surface area contributed by atoms with Gasteiger partial charge in [-0.25, -0.2) is 4.98 Å². The predicted molar refractivity (Wildman–Crippen MR) is 103 cm³/mol. The molecule has 4 rings (SSSR count). The van der Waals surface area contributed by atoms with Gasteiger partial charge in [0.05, 0.1) is 21.8 Å². The Balaban J connectivity index is 1.73. The van der Waals surface area contributed by atoms with Crippen LogP contribution in [0, 0.1) is 6.92 Å². The van der Waals surface area contributed by atoms with E-state index in [1.54, 1.807) is 4.68 Å². The number of hydrogen-bond donors (Lipinski definition) is 1. The lowest BCUT2D eigenvalue weighted by molar-refractivity contribution is 0.443. The summed E-state index contributed by atoms with van der Waals surface area (Å²) in [4.78, 5) is 22.4. The third-order valence-corrected chi connectivity index (χ3v) is 5.88. The van der Waals surface area contributed by atoms with Gasteiger partial charge in [0.2, 0.25) is 5.13 Å². The molecule has 2 heterocycles. The van der Waals surface area contributed by atoms with E-state index in [0.29, 0.717) is 16.7 Å². The van der Waals surface area contributed by atoms with Crippen LogP contribution in [0.25, 0.3) is 15.3 Å². The van der Waals surface area contributed by atoms with Gasteiger partial charge in [0, 0.05) is 11.4 Å². The number of aliphatic imine (C=N–C) groups is 1. The molecule has 0 amide bonds. The number of aromatic nitrogens is 3. The van der Waals surface area contributed by atoms with E-state index in [-0.39, 0.29) is 5.56 Å². The van der Waals surface area contributed by atoms with Gasteiger partial charge in [-0.1, -0.05) is 42.7 Å². The van der Waals surface area contributed by atoms with Crippen LogP contribution in [0.5, 0.6) is 0 Å². The van der Waals surface area contributed by atoms with Gasteiger partial charge in [-0.15, -0.1) is 0 Å². The number of hydrogen-bond acceptors (Lipinski definition) is 4. The lowest BCUT2D eigenvalue weighted by atomic mass is 9.96. The largest absolute Gasteiger partial charge is 0.293 e. The monoisotopic (exact) mass is 354 g/mol. The number of para-hydroxylation sites is 1. The van der Waals surface area contributed by atoms with Gasteiger partial charge in [0.25, 0.3) is 5.56 Å². The second kappa shape index (κ2) is 6.59. The summed E-state index contributed by atoms with van der Waals surface area (Å²) >= 11 is 1.51. The first-order chi connectivity index (χ1) is 12.1. The van der Waals surface area contributed by atoms with Crippen LogP contribution in [0.2, 0.25) is 0 Å². The zero-order chi connectivity index (χ0) is 17.4. The first kappa shape index (κ1) is 16.3. The smallest absolute Gasteiger partial charge is 0.282 e.